The van der Waals surface area contributed by atoms with Gasteiger partial charge in [-0.2, -0.15) is 0 Å². The van der Waals surface area contributed by atoms with E-state index in [1.807, 2.05) is 26.0 Å². The molecule has 0 spiro atoms. The fourth-order valence-electron chi connectivity index (χ4n) is 1.56. The molecular formula is C13H18O2. The van der Waals surface area contributed by atoms with Gasteiger partial charge in [-0.1, -0.05) is 36.8 Å². The first-order chi connectivity index (χ1) is 7.13. The zero-order chi connectivity index (χ0) is 11.3. The molecule has 82 valence electrons. The molecule has 0 aromatic heterocycles. The van der Waals surface area contributed by atoms with Crippen LogP contribution >= 0.6 is 0 Å². The lowest BCUT2D eigenvalue weighted by Gasteiger charge is -2.10. The zero-order valence-corrected chi connectivity index (χ0v) is 9.62. The number of rotatable bonds is 4. The molecule has 0 N–H and O–H groups in total. The van der Waals surface area contributed by atoms with Crippen LogP contribution in [0.25, 0.3) is 0 Å². The molecule has 1 unspecified atom stereocenters. The first-order valence-electron chi connectivity index (χ1n) is 5.35. The first kappa shape index (κ1) is 11.8. The quantitative estimate of drug-likeness (QED) is 0.708. The molecule has 2 heteroatoms. The molecule has 2 nitrogen and oxygen atoms in total. The van der Waals surface area contributed by atoms with Crippen molar-refractivity contribution in [1.29, 1.82) is 0 Å². The van der Waals surface area contributed by atoms with E-state index in [4.69, 9.17) is 4.74 Å². The Bertz CT molecular complexity index is 331. The Labute approximate surface area is 91.3 Å². The molecule has 0 fully saturated rings. The summed E-state index contributed by atoms with van der Waals surface area (Å²) in [5, 5.41) is 0. The molecule has 1 atom stereocenters. The number of hydrogen-bond acceptors (Lipinski definition) is 2. The number of benzene rings is 1. The molecule has 0 heterocycles. The van der Waals surface area contributed by atoms with Crippen LogP contribution in [0.1, 0.15) is 25.0 Å². The number of ether oxygens (including phenoxy) is 1. The second kappa shape index (κ2) is 5.54. The summed E-state index contributed by atoms with van der Waals surface area (Å²) in [6.07, 6.45) is 0.751. The van der Waals surface area contributed by atoms with Crippen molar-refractivity contribution in [1.82, 2.24) is 0 Å². The van der Waals surface area contributed by atoms with Gasteiger partial charge >= 0.3 is 5.97 Å². The highest BCUT2D eigenvalue weighted by Crippen LogP contribution is 2.11. The summed E-state index contributed by atoms with van der Waals surface area (Å²) >= 11 is 0. The van der Waals surface area contributed by atoms with Crippen LogP contribution in [0.2, 0.25) is 0 Å². The van der Waals surface area contributed by atoms with Crippen LogP contribution in [0.3, 0.4) is 0 Å². The number of aryl methyl sites for hydroxylation is 1. The van der Waals surface area contributed by atoms with Crippen LogP contribution in [-0.2, 0) is 16.0 Å². The van der Waals surface area contributed by atoms with E-state index in [0.29, 0.717) is 6.61 Å². The van der Waals surface area contributed by atoms with Gasteiger partial charge in [0.25, 0.3) is 0 Å². The fraction of sp³-hybridized carbons (Fsp3) is 0.462. The van der Waals surface area contributed by atoms with Crippen molar-refractivity contribution in [2.75, 3.05) is 6.61 Å². The average Bonchev–Trinajstić information content (AvgIpc) is 2.18. The predicted molar refractivity (Wildman–Crippen MR) is 60.7 cm³/mol. The zero-order valence-electron chi connectivity index (χ0n) is 9.62. The summed E-state index contributed by atoms with van der Waals surface area (Å²) in [4.78, 5) is 11.4. The Balaban J connectivity index is 2.58. The maximum Gasteiger partial charge on any atom is 0.308 e. The number of carbonyl (C=O) groups is 1. The molecule has 1 aromatic rings. The van der Waals surface area contributed by atoms with Crippen LogP contribution in [0.4, 0.5) is 0 Å². The maximum atomic E-state index is 11.4. The topological polar surface area (TPSA) is 26.3 Å². The number of carbonyl (C=O) groups excluding carboxylic acids is 1. The van der Waals surface area contributed by atoms with E-state index in [9.17, 15) is 4.79 Å². The van der Waals surface area contributed by atoms with E-state index in [0.717, 1.165) is 6.42 Å². The Hall–Kier alpha value is -1.31. The van der Waals surface area contributed by atoms with E-state index in [2.05, 4.69) is 19.1 Å². The average molecular weight is 206 g/mol. The Morgan fingerprint density at radius 3 is 2.80 bits per heavy atom. The smallest absolute Gasteiger partial charge is 0.308 e. The molecule has 0 saturated carbocycles. The van der Waals surface area contributed by atoms with Gasteiger partial charge < -0.3 is 4.74 Å². The van der Waals surface area contributed by atoms with Crippen molar-refractivity contribution in [2.45, 2.75) is 27.2 Å². The predicted octanol–water partition coefficient (Wildman–Crippen LogP) is 2.74. The minimum absolute atomic E-state index is 0.0632. The molecule has 0 aliphatic rings. The summed E-state index contributed by atoms with van der Waals surface area (Å²) in [6, 6.07) is 8.22. The molecule has 0 aliphatic carbocycles. The normalized spacial score (nSPS) is 12.2. The largest absolute Gasteiger partial charge is 0.466 e. The van der Waals surface area contributed by atoms with Gasteiger partial charge in [0.15, 0.2) is 0 Å². The van der Waals surface area contributed by atoms with Crippen LogP contribution in [-0.4, -0.2) is 12.6 Å². The van der Waals surface area contributed by atoms with Crippen molar-refractivity contribution >= 4 is 5.97 Å². The molecule has 0 bridgehead atoms. The van der Waals surface area contributed by atoms with Crippen molar-refractivity contribution in [2.24, 2.45) is 5.92 Å². The third-order valence-electron chi connectivity index (χ3n) is 2.31. The lowest BCUT2D eigenvalue weighted by molar-refractivity contribution is -0.147. The molecule has 0 aliphatic heterocycles. The van der Waals surface area contributed by atoms with E-state index < -0.39 is 0 Å². The van der Waals surface area contributed by atoms with Crippen molar-refractivity contribution in [3.8, 4) is 0 Å². The highest BCUT2D eigenvalue weighted by molar-refractivity contribution is 5.72. The molecule has 1 aromatic carbocycles. The number of esters is 1. The summed E-state index contributed by atoms with van der Waals surface area (Å²) in [5.74, 6) is -0.175. The van der Waals surface area contributed by atoms with Gasteiger partial charge in [-0.15, -0.1) is 0 Å². The van der Waals surface area contributed by atoms with Crippen LogP contribution in [0.5, 0.6) is 0 Å². The molecule has 0 amide bonds. The minimum atomic E-state index is -0.112. The van der Waals surface area contributed by atoms with Crippen molar-refractivity contribution < 1.29 is 9.53 Å². The maximum absolute atomic E-state index is 11.4. The van der Waals surface area contributed by atoms with Crippen LogP contribution in [0.15, 0.2) is 24.3 Å². The summed E-state index contributed by atoms with van der Waals surface area (Å²) < 4.78 is 4.97. The van der Waals surface area contributed by atoms with Gasteiger partial charge in [-0.25, -0.2) is 0 Å². The van der Waals surface area contributed by atoms with E-state index in [1.165, 1.54) is 11.1 Å². The summed E-state index contributed by atoms with van der Waals surface area (Å²) in [5.41, 5.74) is 2.42. The van der Waals surface area contributed by atoms with Gasteiger partial charge in [0.1, 0.15) is 0 Å². The third-order valence-corrected chi connectivity index (χ3v) is 2.31. The summed E-state index contributed by atoms with van der Waals surface area (Å²) in [6.45, 7) is 6.24. The standard InChI is InChI=1S/C13H18O2/c1-4-15-13(14)11(3)9-12-7-5-6-10(2)8-12/h5-8,11H,4,9H2,1-3H3. The van der Waals surface area contributed by atoms with E-state index in [-0.39, 0.29) is 11.9 Å². The number of hydrogen-bond donors (Lipinski definition) is 0. The lowest BCUT2D eigenvalue weighted by Crippen LogP contribution is -2.16. The van der Waals surface area contributed by atoms with Gasteiger partial charge in [0.2, 0.25) is 0 Å². The Morgan fingerprint density at radius 1 is 1.47 bits per heavy atom. The first-order valence-corrected chi connectivity index (χ1v) is 5.35. The van der Waals surface area contributed by atoms with Gasteiger partial charge in [0.05, 0.1) is 12.5 Å². The summed E-state index contributed by atoms with van der Waals surface area (Å²) in [7, 11) is 0. The molecular weight excluding hydrogens is 188 g/mol. The second-order valence-electron chi connectivity index (χ2n) is 3.85. The van der Waals surface area contributed by atoms with Gasteiger partial charge in [-0.3, -0.25) is 4.79 Å². The molecule has 15 heavy (non-hydrogen) atoms. The fourth-order valence-corrected chi connectivity index (χ4v) is 1.56. The Morgan fingerprint density at radius 2 is 2.20 bits per heavy atom. The van der Waals surface area contributed by atoms with Crippen LogP contribution < -0.4 is 0 Å². The molecule has 0 radical (unpaired) electrons. The van der Waals surface area contributed by atoms with Gasteiger partial charge in [-0.05, 0) is 25.8 Å². The third kappa shape index (κ3) is 3.74. The highest BCUT2D eigenvalue weighted by Gasteiger charge is 2.14. The highest BCUT2D eigenvalue weighted by atomic mass is 16.5. The molecule has 1 rings (SSSR count). The van der Waals surface area contributed by atoms with Crippen molar-refractivity contribution in [3.63, 3.8) is 0 Å². The second-order valence-corrected chi connectivity index (χ2v) is 3.85. The van der Waals surface area contributed by atoms with E-state index in [1.54, 1.807) is 0 Å². The SMILES string of the molecule is CCOC(=O)C(C)Cc1cccc(C)c1. The van der Waals surface area contributed by atoms with Gasteiger partial charge in [0, 0.05) is 0 Å². The Kier molecular flexibility index (Phi) is 4.35. The van der Waals surface area contributed by atoms with E-state index >= 15 is 0 Å². The van der Waals surface area contributed by atoms with Crippen LogP contribution in [0, 0.1) is 12.8 Å². The monoisotopic (exact) mass is 206 g/mol. The minimum Gasteiger partial charge on any atom is -0.466 e. The molecule has 0 saturated heterocycles. The van der Waals surface area contributed by atoms with Crippen molar-refractivity contribution in [3.05, 3.63) is 35.4 Å². The lowest BCUT2D eigenvalue weighted by atomic mass is 10.00.